The summed E-state index contributed by atoms with van der Waals surface area (Å²) >= 11 is 9.29. The third kappa shape index (κ3) is 2.16. The number of halogens is 2. The fourth-order valence-electron chi connectivity index (χ4n) is 2.82. The van der Waals surface area contributed by atoms with Gasteiger partial charge in [-0.1, -0.05) is 11.7 Å². The molecule has 1 saturated carbocycles. The second-order valence-electron chi connectivity index (χ2n) is 4.76. The van der Waals surface area contributed by atoms with Crippen LogP contribution in [-0.4, -0.2) is 29.4 Å². The molecule has 0 amide bonds. The quantitative estimate of drug-likeness (QED) is 0.567. The molecule has 0 aromatic heterocycles. The van der Waals surface area contributed by atoms with Gasteiger partial charge in [-0.25, -0.2) is 13.1 Å². The predicted molar refractivity (Wildman–Crippen MR) is 69.1 cm³/mol. The highest BCUT2D eigenvalue weighted by molar-refractivity contribution is 8.75. The SMILES string of the molecule is N[C@@H]1C(F)(F)CCC12CCN(S(=S)S)CC2. The molecule has 0 aromatic rings. The fraction of sp³-hybridized carbons (Fsp3) is 1.00. The molecule has 2 atom stereocenters. The number of alkyl halides is 2. The van der Waals surface area contributed by atoms with E-state index in [1.165, 1.54) is 0 Å². The summed E-state index contributed by atoms with van der Waals surface area (Å²) in [7, 11) is -0.466. The summed E-state index contributed by atoms with van der Waals surface area (Å²) in [6.45, 7) is 1.50. The number of nitrogens with zero attached hydrogens (tertiary/aromatic N) is 1. The van der Waals surface area contributed by atoms with Crippen molar-refractivity contribution in [2.24, 2.45) is 11.1 Å². The smallest absolute Gasteiger partial charge is 0.263 e. The molecule has 0 bridgehead atoms. The van der Waals surface area contributed by atoms with E-state index >= 15 is 0 Å². The lowest BCUT2D eigenvalue weighted by atomic mass is 9.74. The maximum Gasteiger partial charge on any atom is 0.263 e. The highest BCUT2D eigenvalue weighted by atomic mass is 33.3. The Labute approximate surface area is 106 Å². The molecule has 0 aromatic carbocycles. The van der Waals surface area contributed by atoms with Crippen LogP contribution in [0.4, 0.5) is 8.78 Å². The summed E-state index contributed by atoms with van der Waals surface area (Å²) in [5.41, 5.74) is 5.37. The second-order valence-corrected chi connectivity index (χ2v) is 8.46. The van der Waals surface area contributed by atoms with E-state index in [-0.39, 0.29) is 11.8 Å². The van der Waals surface area contributed by atoms with Crippen molar-refractivity contribution in [2.75, 3.05) is 13.1 Å². The molecule has 1 saturated heterocycles. The van der Waals surface area contributed by atoms with Crippen LogP contribution in [0.1, 0.15) is 25.7 Å². The second kappa shape index (κ2) is 4.42. The highest BCUT2D eigenvalue weighted by Gasteiger charge is 2.57. The molecule has 94 valence electrons. The summed E-state index contributed by atoms with van der Waals surface area (Å²) < 4.78 is 29.0. The van der Waals surface area contributed by atoms with Gasteiger partial charge < -0.3 is 5.73 Å². The molecule has 2 N–H and O–H groups in total. The van der Waals surface area contributed by atoms with Gasteiger partial charge in [0.05, 0.1) is 6.04 Å². The first-order valence-corrected chi connectivity index (χ1v) is 8.53. The lowest BCUT2D eigenvalue weighted by molar-refractivity contribution is -0.0311. The van der Waals surface area contributed by atoms with Crippen molar-refractivity contribution in [1.82, 2.24) is 4.31 Å². The van der Waals surface area contributed by atoms with Crippen molar-refractivity contribution in [3.05, 3.63) is 0 Å². The van der Waals surface area contributed by atoms with Crippen LogP contribution in [0.5, 0.6) is 0 Å². The summed E-state index contributed by atoms with van der Waals surface area (Å²) in [5.74, 6) is -2.68. The van der Waals surface area contributed by atoms with Crippen LogP contribution in [0, 0.1) is 5.41 Å². The molecule has 7 heteroatoms. The van der Waals surface area contributed by atoms with Crippen LogP contribution in [0.15, 0.2) is 0 Å². The lowest BCUT2D eigenvalue weighted by Gasteiger charge is -2.41. The Bertz CT molecular complexity index is 303. The average Bonchev–Trinajstić information content (AvgIpc) is 2.45. The third-order valence-corrected chi connectivity index (χ3v) is 6.14. The first-order valence-electron chi connectivity index (χ1n) is 5.37. The molecule has 1 heterocycles. The first kappa shape index (κ1) is 13.1. The van der Waals surface area contributed by atoms with Gasteiger partial charge in [0.15, 0.2) is 0 Å². The molecule has 1 spiro atoms. The molecule has 16 heavy (non-hydrogen) atoms. The number of rotatable bonds is 1. The standard InChI is InChI=1S/C9H16F2N2S3/c10-9(11)2-1-8(7(9)12)3-5-13(6-4-8)16(14)15/h7H,1-6,12H2,(H,14,15)/t7-/m0/s1. The van der Waals surface area contributed by atoms with Crippen molar-refractivity contribution in [1.29, 1.82) is 0 Å². The Morgan fingerprint density at radius 3 is 2.19 bits per heavy atom. The number of hydrogen-bond acceptors (Lipinski definition) is 2. The van der Waals surface area contributed by atoms with E-state index in [0.717, 1.165) is 25.9 Å². The third-order valence-electron chi connectivity index (χ3n) is 4.01. The van der Waals surface area contributed by atoms with Crippen LogP contribution in [-0.2, 0) is 19.9 Å². The van der Waals surface area contributed by atoms with Gasteiger partial charge in [0, 0.05) is 28.2 Å². The van der Waals surface area contributed by atoms with Gasteiger partial charge in [0.2, 0.25) is 0 Å². The van der Waals surface area contributed by atoms with Gasteiger partial charge in [-0.15, -0.1) is 0 Å². The minimum absolute atomic E-state index is 0.0609. The number of hydrogen-bond donors (Lipinski definition) is 2. The monoisotopic (exact) mass is 286 g/mol. The number of piperidine rings is 1. The van der Waals surface area contributed by atoms with Crippen LogP contribution < -0.4 is 5.73 Å². The zero-order valence-electron chi connectivity index (χ0n) is 8.86. The molecule has 1 unspecified atom stereocenters. The minimum Gasteiger partial charge on any atom is -0.322 e. The number of thiol groups is 1. The highest BCUT2D eigenvalue weighted by Crippen LogP contribution is 2.52. The van der Waals surface area contributed by atoms with E-state index in [0.29, 0.717) is 6.42 Å². The van der Waals surface area contributed by atoms with E-state index in [2.05, 4.69) is 16.0 Å². The zero-order chi connectivity index (χ0) is 12.0. The molecule has 2 rings (SSSR count). The summed E-state index contributed by atoms with van der Waals surface area (Å²) in [5, 5.41) is 0. The van der Waals surface area contributed by atoms with E-state index in [1.54, 1.807) is 0 Å². The van der Waals surface area contributed by atoms with Crippen molar-refractivity contribution in [3.8, 4) is 0 Å². The maximum absolute atomic E-state index is 13.5. The van der Waals surface area contributed by atoms with Crippen LogP contribution >= 0.6 is 11.7 Å². The summed E-state index contributed by atoms with van der Waals surface area (Å²) in [6, 6.07) is -0.978. The van der Waals surface area contributed by atoms with E-state index in [4.69, 9.17) is 16.9 Å². The van der Waals surface area contributed by atoms with Crippen LogP contribution in [0.25, 0.3) is 0 Å². The van der Waals surface area contributed by atoms with Gasteiger partial charge in [0.25, 0.3) is 5.92 Å². The predicted octanol–water partition coefficient (Wildman–Crippen LogP) is 1.67. The lowest BCUT2D eigenvalue weighted by Crippen LogP contribution is -2.51. The normalized spacial score (nSPS) is 35.4. The van der Waals surface area contributed by atoms with Gasteiger partial charge >= 0.3 is 0 Å². The molecule has 2 aliphatic rings. The van der Waals surface area contributed by atoms with Crippen molar-refractivity contribution in [3.63, 3.8) is 0 Å². The molecule has 2 nitrogen and oxygen atoms in total. The van der Waals surface area contributed by atoms with Gasteiger partial charge in [-0.2, -0.15) is 0 Å². The Morgan fingerprint density at radius 2 is 1.81 bits per heavy atom. The van der Waals surface area contributed by atoms with Gasteiger partial charge in [-0.05, 0) is 35.9 Å². The molecule has 1 aliphatic heterocycles. The fourth-order valence-corrected chi connectivity index (χ4v) is 4.26. The van der Waals surface area contributed by atoms with Crippen molar-refractivity contribution in [2.45, 2.75) is 37.6 Å². The number of nitrogens with two attached hydrogens (primary N) is 1. The zero-order valence-corrected chi connectivity index (χ0v) is 11.4. The van der Waals surface area contributed by atoms with Crippen molar-refractivity contribution >= 4 is 31.5 Å². The van der Waals surface area contributed by atoms with E-state index in [1.807, 2.05) is 0 Å². The molecular formula is C9H16F2N2S3. The van der Waals surface area contributed by atoms with Crippen LogP contribution in [0.2, 0.25) is 0 Å². The molecule has 0 radical (unpaired) electrons. The Kier molecular flexibility index (Phi) is 3.63. The Morgan fingerprint density at radius 1 is 1.25 bits per heavy atom. The molecule has 1 aliphatic carbocycles. The molecular weight excluding hydrogens is 270 g/mol. The van der Waals surface area contributed by atoms with E-state index < -0.39 is 20.6 Å². The van der Waals surface area contributed by atoms with Crippen molar-refractivity contribution < 1.29 is 8.78 Å². The topological polar surface area (TPSA) is 29.3 Å². The Hall–Kier alpha value is 0.700. The average molecular weight is 286 g/mol. The Balaban J connectivity index is 2.06. The molecule has 2 fully saturated rings. The first-order chi connectivity index (χ1) is 7.37. The summed E-state index contributed by atoms with van der Waals surface area (Å²) in [4.78, 5) is 0. The minimum atomic E-state index is -2.68. The van der Waals surface area contributed by atoms with Gasteiger partial charge in [0.1, 0.15) is 0 Å². The van der Waals surface area contributed by atoms with E-state index in [9.17, 15) is 8.78 Å². The van der Waals surface area contributed by atoms with Gasteiger partial charge in [-0.3, -0.25) is 0 Å². The van der Waals surface area contributed by atoms with Crippen LogP contribution in [0.3, 0.4) is 0 Å². The largest absolute Gasteiger partial charge is 0.322 e. The maximum atomic E-state index is 13.5. The summed E-state index contributed by atoms with van der Waals surface area (Å²) in [6.07, 6.45) is 1.94.